The van der Waals surface area contributed by atoms with Gasteiger partial charge >= 0.3 is 11.9 Å². The molecule has 2 unspecified atom stereocenters. The van der Waals surface area contributed by atoms with E-state index in [1.54, 1.807) is 0 Å². The summed E-state index contributed by atoms with van der Waals surface area (Å²) in [6.07, 6.45) is 1.50. The molecule has 0 spiro atoms. The van der Waals surface area contributed by atoms with E-state index in [4.69, 9.17) is 14.6 Å². The molecule has 42 heavy (non-hydrogen) atoms. The first kappa shape index (κ1) is 32.6. The SMILES string of the molecule is Cc1ccc(NCCCCNC(=O)C(OCCCCCc2ccc3ccccc3c2)C(OCC(=O)O)C(=O)O)cc1C. The first-order valence-electron chi connectivity index (χ1n) is 14.5. The summed E-state index contributed by atoms with van der Waals surface area (Å²) in [5.74, 6) is -3.42. The van der Waals surface area contributed by atoms with Gasteiger partial charge in [-0.1, -0.05) is 55.0 Å². The molecule has 0 fully saturated rings. The Kier molecular flexibility index (Phi) is 13.3. The minimum Gasteiger partial charge on any atom is -0.480 e. The Morgan fingerprint density at radius 1 is 0.762 bits per heavy atom. The molecule has 0 radical (unpaired) electrons. The predicted molar refractivity (Wildman–Crippen MR) is 163 cm³/mol. The maximum Gasteiger partial charge on any atom is 0.336 e. The number of hydrogen-bond donors (Lipinski definition) is 4. The number of benzene rings is 3. The molecule has 0 heterocycles. The zero-order valence-electron chi connectivity index (χ0n) is 24.4. The molecule has 3 aromatic rings. The number of aliphatic carboxylic acids is 2. The van der Waals surface area contributed by atoms with Crippen molar-refractivity contribution in [3.8, 4) is 0 Å². The number of carboxylic acid groups (broad SMARTS) is 2. The van der Waals surface area contributed by atoms with Crippen LogP contribution in [0.3, 0.4) is 0 Å². The fourth-order valence-electron chi connectivity index (χ4n) is 4.61. The summed E-state index contributed by atoms with van der Waals surface area (Å²) in [5.41, 5.74) is 4.71. The summed E-state index contributed by atoms with van der Waals surface area (Å²) in [6.45, 7) is 4.47. The van der Waals surface area contributed by atoms with Gasteiger partial charge in [-0.25, -0.2) is 9.59 Å². The minimum absolute atomic E-state index is 0.149. The fraction of sp³-hybridized carbons (Fsp3) is 0.424. The highest BCUT2D eigenvalue weighted by Crippen LogP contribution is 2.18. The van der Waals surface area contributed by atoms with Gasteiger partial charge in [0.15, 0.2) is 12.2 Å². The van der Waals surface area contributed by atoms with Crippen LogP contribution < -0.4 is 10.6 Å². The highest BCUT2D eigenvalue weighted by atomic mass is 16.6. The van der Waals surface area contributed by atoms with Crippen LogP contribution in [0.1, 0.15) is 48.8 Å². The van der Waals surface area contributed by atoms with Crippen LogP contribution in [0.2, 0.25) is 0 Å². The lowest BCUT2D eigenvalue weighted by atomic mass is 10.0. The van der Waals surface area contributed by atoms with Crippen molar-refractivity contribution in [2.24, 2.45) is 0 Å². The van der Waals surface area contributed by atoms with E-state index >= 15 is 0 Å². The van der Waals surface area contributed by atoms with Crippen LogP contribution in [0.4, 0.5) is 5.69 Å². The maximum absolute atomic E-state index is 12.9. The second kappa shape index (κ2) is 17.1. The van der Waals surface area contributed by atoms with Crippen molar-refractivity contribution in [2.75, 3.05) is 31.6 Å². The molecule has 0 saturated carbocycles. The molecule has 0 aromatic heterocycles. The lowest BCUT2D eigenvalue weighted by Gasteiger charge is -2.23. The third-order valence-electron chi connectivity index (χ3n) is 7.12. The minimum atomic E-state index is -1.73. The molecule has 1 amide bonds. The predicted octanol–water partition coefficient (Wildman–Crippen LogP) is 5.12. The molecule has 0 bridgehead atoms. The highest BCUT2D eigenvalue weighted by molar-refractivity contribution is 5.88. The molecule has 3 aromatic carbocycles. The molecule has 4 N–H and O–H groups in total. The Balaban J connectivity index is 1.43. The van der Waals surface area contributed by atoms with Crippen molar-refractivity contribution in [2.45, 2.75) is 64.6 Å². The van der Waals surface area contributed by atoms with Crippen LogP contribution in [0, 0.1) is 13.8 Å². The average molecular weight is 579 g/mol. The lowest BCUT2D eigenvalue weighted by molar-refractivity contribution is -0.172. The van der Waals surface area contributed by atoms with Crippen LogP contribution in [0.15, 0.2) is 60.7 Å². The molecule has 2 atom stereocenters. The molecular formula is C33H42N2O7. The van der Waals surface area contributed by atoms with Gasteiger partial charge < -0.3 is 30.3 Å². The zero-order valence-corrected chi connectivity index (χ0v) is 24.4. The van der Waals surface area contributed by atoms with Crippen LogP contribution in [-0.4, -0.2) is 66.6 Å². The molecule has 0 aliphatic carbocycles. The van der Waals surface area contributed by atoms with Crippen molar-refractivity contribution in [1.82, 2.24) is 5.32 Å². The highest BCUT2D eigenvalue weighted by Gasteiger charge is 2.36. The number of carbonyl (C=O) groups excluding carboxylic acids is 1. The van der Waals surface area contributed by atoms with Crippen molar-refractivity contribution < 1.29 is 34.1 Å². The quantitative estimate of drug-likeness (QED) is 0.144. The van der Waals surface area contributed by atoms with Gasteiger partial charge in [-0.15, -0.1) is 0 Å². The third kappa shape index (κ3) is 10.8. The number of hydrogen-bond acceptors (Lipinski definition) is 6. The smallest absolute Gasteiger partial charge is 0.336 e. The summed E-state index contributed by atoms with van der Waals surface area (Å²) in [6, 6.07) is 20.8. The van der Waals surface area contributed by atoms with E-state index in [1.807, 2.05) is 18.2 Å². The number of unbranched alkanes of at least 4 members (excludes halogenated alkanes) is 3. The third-order valence-corrected chi connectivity index (χ3v) is 7.12. The normalized spacial score (nSPS) is 12.5. The summed E-state index contributed by atoms with van der Waals surface area (Å²) in [7, 11) is 0. The average Bonchev–Trinajstić information content (AvgIpc) is 2.96. The van der Waals surface area contributed by atoms with E-state index in [-0.39, 0.29) is 6.61 Å². The first-order valence-corrected chi connectivity index (χ1v) is 14.5. The van der Waals surface area contributed by atoms with Crippen LogP contribution in [-0.2, 0) is 30.3 Å². The number of rotatable bonds is 19. The number of carboxylic acids is 2. The molecule has 3 rings (SSSR count). The molecule has 0 aliphatic rings. The van der Waals surface area contributed by atoms with Gasteiger partial charge in [0.05, 0.1) is 0 Å². The van der Waals surface area contributed by atoms with Crippen LogP contribution >= 0.6 is 0 Å². The molecule has 0 aliphatic heterocycles. The molecule has 226 valence electrons. The van der Waals surface area contributed by atoms with Crippen molar-refractivity contribution in [3.63, 3.8) is 0 Å². The van der Waals surface area contributed by atoms with E-state index in [1.165, 1.54) is 27.5 Å². The summed E-state index contributed by atoms with van der Waals surface area (Å²) < 4.78 is 10.7. The van der Waals surface area contributed by atoms with Gasteiger partial charge in [0.1, 0.15) is 6.61 Å². The van der Waals surface area contributed by atoms with E-state index in [0.717, 1.165) is 37.9 Å². The van der Waals surface area contributed by atoms with E-state index in [2.05, 4.69) is 66.9 Å². The number of aryl methyl sites for hydroxylation is 3. The van der Waals surface area contributed by atoms with Gasteiger partial charge in [0.2, 0.25) is 0 Å². The summed E-state index contributed by atoms with van der Waals surface area (Å²) in [5, 5.41) is 27.1. The Hall–Kier alpha value is -3.95. The lowest BCUT2D eigenvalue weighted by Crippen LogP contribution is -2.49. The topological polar surface area (TPSA) is 134 Å². The number of nitrogens with one attached hydrogen (secondary N) is 2. The molecule has 9 heteroatoms. The molecule has 9 nitrogen and oxygen atoms in total. The van der Waals surface area contributed by atoms with E-state index in [9.17, 15) is 19.5 Å². The van der Waals surface area contributed by atoms with E-state index in [0.29, 0.717) is 19.4 Å². The van der Waals surface area contributed by atoms with Crippen molar-refractivity contribution in [1.29, 1.82) is 0 Å². The Morgan fingerprint density at radius 2 is 1.52 bits per heavy atom. The first-order chi connectivity index (χ1) is 20.2. The number of ether oxygens (including phenoxy) is 2. The second-order valence-corrected chi connectivity index (χ2v) is 10.5. The van der Waals surface area contributed by atoms with Crippen molar-refractivity contribution >= 4 is 34.3 Å². The number of fused-ring (bicyclic) bond motifs is 1. The Labute approximate surface area is 247 Å². The van der Waals surface area contributed by atoms with Gasteiger partial charge in [0, 0.05) is 25.4 Å². The molecular weight excluding hydrogens is 536 g/mol. The number of carbonyl (C=O) groups is 3. The van der Waals surface area contributed by atoms with Crippen LogP contribution in [0.5, 0.6) is 0 Å². The Bertz CT molecular complexity index is 1330. The van der Waals surface area contributed by atoms with Gasteiger partial charge in [-0.2, -0.15) is 0 Å². The van der Waals surface area contributed by atoms with Crippen molar-refractivity contribution in [3.05, 3.63) is 77.4 Å². The second-order valence-electron chi connectivity index (χ2n) is 10.5. The number of anilines is 1. The van der Waals surface area contributed by atoms with Gasteiger partial charge in [-0.3, -0.25) is 4.79 Å². The van der Waals surface area contributed by atoms with Gasteiger partial charge in [0.25, 0.3) is 5.91 Å². The Morgan fingerprint density at radius 3 is 2.26 bits per heavy atom. The monoisotopic (exact) mass is 578 g/mol. The largest absolute Gasteiger partial charge is 0.480 e. The van der Waals surface area contributed by atoms with E-state index < -0.39 is 36.7 Å². The summed E-state index contributed by atoms with van der Waals surface area (Å²) in [4.78, 5) is 35.8. The van der Waals surface area contributed by atoms with Gasteiger partial charge in [-0.05, 0) is 85.5 Å². The fourth-order valence-corrected chi connectivity index (χ4v) is 4.61. The zero-order chi connectivity index (χ0) is 30.3. The number of amides is 1. The maximum atomic E-state index is 12.9. The van der Waals surface area contributed by atoms with Crippen LogP contribution in [0.25, 0.3) is 10.8 Å². The summed E-state index contributed by atoms with van der Waals surface area (Å²) >= 11 is 0. The molecule has 0 saturated heterocycles. The standard InChI is InChI=1S/C33H42N2O7/c1-23-13-16-28(20-24(23)2)34-17-7-8-18-35-32(38)30(31(33(39)40)42-22-29(36)37)41-19-9-3-4-10-25-14-15-26-11-5-6-12-27(26)21-25/h5-6,11-16,20-21,30-31,34H,3-4,7-10,17-19,22H2,1-2H3,(H,35,38)(H,36,37)(H,39,40).